The predicted octanol–water partition coefficient (Wildman–Crippen LogP) is 1.34. The summed E-state index contributed by atoms with van der Waals surface area (Å²) in [5.41, 5.74) is 0.420. The van der Waals surface area contributed by atoms with Gasteiger partial charge in [-0.05, 0) is 20.3 Å². The van der Waals surface area contributed by atoms with Crippen LogP contribution in [0, 0.1) is 0 Å². The van der Waals surface area contributed by atoms with Crippen molar-refractivity contribution in [2.45, 2.75) is 38.8 Å². The van der Waals surface area contributed by atoms with Crippen LogP contribution in [0.2, 0.25) is 0 Å². The number of nitrogens with zero attached hydrogens (tertiary/aromatic N) is 1. The van der Waals surface area contributed by atoms with Crippen molar-refractivity contribution in [3.63, 3.8) is 0 Å². The summed E-state index contributed by atoms with van der Waals surface area (Å²) in [5, 5.41) is 9.71. The lowest BCUT2D eigenvalue weighted by Crippen LogP contribution is -2.50. The Balaban J connectivity index is 4.01. The van der Waals surface area contributed by atoms with Crippen molar-refractivity contribution in [1.29, 1.82) is 0 Å². The van der Waals surface area contributed by atoms with Crippen LogP contribution >= 0.6 is 0 Å². The molecule has 0 saturated heterocycles. The zero-order chi connectivity index (χ0) is 13.6. The first-order valence-electron chi connectivity index (χ1n) is 5.98. The molecule has 2 unspecified atom stereocenters. The molecule has 0 aromatic rings. The van der Waals surface area contributed by atoms with E-state index in [1.54, 1.807) is 13.8 Å². The van der Waals surface area contributed by atoms with Gasteiger partial charge in [0.2, 0.25) is 0 Å². The van der Waals surface area contributed by atoms with E-state index in [0.29, 0.717) is 16.7 Å². The van der Waals surface area contributed by atoms with Crippen molar-refractivity contribution in [3.05, 3.63) is 12.2 Å². The fourth-order valence-electron chi connectivity index (χ4n) is 1.86. The Bertz CT molecular complexity index is 266. The molecule has 0 rings (SSSR count). The van der Waals surface area contributed by atoms with Crippen LogP contribution < -0.4 is 0 Å². The molecule has 2 atom stereocenters. The highest BCUT2D eigenvalue weighted by Gasteiger charge is 2.27. The summed E-state index contributed by atoms with van der Waals surface area (Å²) in [7, 11) is 6.16. The van der Waals surface area contributed by atoms with E-state index in [0.717, 1.165) is 12.8 Å². The molecule has 0 aromatic heterocycles. The van der Waals surface area contributed by atoms with E-state index in [2.05, 4.69) is 27.7 Å². The molecule has 4 heteroatoms. The zero-order valence-electron chi connectivity index (χ0n) is 11.7. The number of likely N-dealkylation sites (N-methyl/N-ethyl adjacent to an activating group) is 1. The molecule has 0 amide bonds. The SMILES string of the molecule is C=C(C)C(=O)OCCCC(C(C)O)[N+](C)(C)C. The Morgan fingerprint density at radius 1 is 1.41 bits per heavy atom. The fourth-order valence-corrected chi connectivity index (χ4v) is 1.86. The molecule has 0 fully saturated rings. The summed E-state index contributed by atoms with van der Waals surface area (Å²) in [5.74, 6) is -0.344. The minimum Gasteiger partial charge on any atom is -0.462 e. The number of hydrogen-bond donors (Lipinski definition) is 1. The van der Waals surface area contributed by atoms with E-state index in [1.807, 2.05) is 0 Å². The first-order valence-corrected chi connectivity index (χ1v) is 5.98. The molecule has 17 heavy (non-hydrogen) atoms. The minimum absolute atomic E-state index is 0.151. The summed E-state index contributed by atoms with van der Waals surface area (Å²) in [6, 6.07) is 0.151. The molecule has 0 heterocycles. The third-order valence-electron chi connectivity index (χ3n) is 2.78. The lowest BCUT2D eigenvalue weighted by Gasteiger charge is -2.36. The topological polar surface area (TPSA) is 46.5 Å². The molecule has 4 nitrogen and oxygen atoms in total. The summed E-state index contributed by atoms with van der Waals surface area (Å²) >= 11 is 0. The molecule has 0 aromatic carbocycles. The minimum atomic E-state index is -0.369. The summed E-state index contributed by atoms with van der Waals surface area (Å²) in [4.78, 5) is 11.1. The first kappa shape index (κ1) is 16.1. The Morgan fingerprint density at radius 3 is 2.29 bits per heavy atom. The summed E-state index contributed by atoms with van der Waals surface area (Å²) < 4.78 is 5.72. The molecule has 0 aliphatic rings. The molecular formula is C13H26NO3+. The third kappa shape index (κ3) is 6.44. The number of quaternary nitrogens is 1. The van der Waals surface area contributed by atoms with Gasteiger partial charge in [0, 0.05) is 12.0 Å². The Kier molecular flexibility index (Phi) is 6.42. The van der Waals surface area contributed by atoms with E-state index < -0.39 is 0 Å². The van der Waals surface area contributed by atoms with E-state index in [9.17, 15) is 9.90 Å². The molecule has 0 radical (unpaired) electrons. The van der Waals surface area contributed by atoms with Crippen molar-refractivity contribution < 1.29 is 19.1 Å². The molecule has 100 valence electrons. The fraction of sp³-hybridized carbons (Fsp3) is 0.769. The lowest BCUT2D eigenvalue weighted by atomic mass is 10.0. The van der Waals surface area contributed by atoms with E-state index in [-0.39, 0.29) is 18.1 Å². The van der Waals surface area contributed by atoms with Crippen LogP contribution in [0.25, 0.3) is 0 Å². The lowest BCUT2D eigenvalue weighted by molar-refractivity contribution is -0.900. The number of ether oxygens (including phenoxy) is 1. The number of hydrogen-bond acceptors (Lipinski definition) is 3. The molecule has 0 aliphatic carbocycles. The summed E-state index contributed by atoms with van der Waals surface area (Å²) in [6.45, 7) is 7.33. The number of esters is 1. The molecule has 0 spiro atoms. The zero-order valence-corrected chi connectivity index (χ0v) is 11.7. The average Bonchev–Trinajstić information content (AvgIpc) is 2.13. The normalized spacial score (nSPS) is 15.2. The van der Waals surface area contributed by atoms with Gasteiger partial charge < -0.3 is 14.3 Å². The number of aliphatic hydroxyl groups is 1. The van der Waals surface area contributed by atoms with Crippen molar-refractivity contribution in [2.75, 3.05) is 27.7 Å². The Hall–Kier alpha value is -0.870. The summed E-state index contributed by atoms with van der Waals surface area (Å²) in [6.07, 6.45) is 1.21. The highest BCUT2D eigenvalue weighted by molar-refractivity contribution is 5.86. The maximum Gasteiger partial charge on any atom is 0.333 e. The Labute approximate surface area is 104 Å². The van der Waals surface area contributed by atoms with Crippen LogP contribution in [0.15, 0.2) is 12.2 Å². The van der Waals surface area contributed by atoms with Crippen molar-refractivity contribution in [1.82, 2.24) is 0 Å². The van der Waals surface area contributed by atoms with Gasteiger partial charge in [-0.1, -0.05) is 6.58 Å². The largest absolute Gasteiger partial charge is 0.462 e. The van der Waals surface area contributed by atoms with Gasteiger partial charge in [0.1, 0.15) is 12.1 Å². The average molecular weight is 244 g/mol. The van der Waals surface area contributed by atoms with Crippen LogP contribution in [0.1, 0.15) is 26.7 Å². The first-order chi connectivity index (χ1) is 7.66. The van der Waals surface area contributed by atoms with E-state index in [4.69, 9.17) is 4.74 Å². The third-order valence-corrected chi connectivity index (χ3v) is 2.78. The number of rotatable bonds is 7. The van der Waals surface area contributed by atoms with Crippen LogP contribution in [0.5, 0.6) is 0 Å². The van der Waals surface area contributed by atoms with Crippen molar-refractivity contribution in [2.24, 2.45) is 0 Å². The van der Waals surface area contributed by atoms with Gasteiger partial charge in [0.05, 0.1) is 27.7 Å². The van der Waals surface area contributed by atoms with E-state index in [1.165, 1.54) is 0 Å². The quantitative estimate of drug-likeness (QED) is 0.318. The smallest absolute Gasteiger partial charge is 0.333 e. The van der Waals surface area contributed by atoms with Crippen LogP contribution in [0.4, 0.5) is 0 Å². The number of carbonyl (C=O) groups excluding carboxylic acids is 1. The van der Waals surface area contributed by atoms with Crippen LogP contribution in [-0.4, -0.2) is 55.5 Å². The monoisotopic (exact) mass is 244 g/mol. The molecule has 1 N–H and O–H groups in total. The van der Waals surface area contributed by atoms with Gasteiger partial charge in [-0.2, -0.15) is 0 Å². The molecular weight excluding hydrogens is 218 g/mol. The Morgan fingerprint density at radius 2 is 1.94 bits per heavy atom. The second-order valence-corrected chi connectivity index (χ2v) is 5.48. The molecule has 0 bridgehead atoms. The number of carbonyl (C=O) groups is 1. The van der Waals surface area contributed by atoms with Gasteiger partial charge in [0.25, 0.3) is 0 Å². The standard InChI is InChI=1S/C13H26NO3/c1-10(2)13(16)17-9-7-8-12(11(3)15)14(4,5)6/h11-12,15H,1,7-9H2,2-6H3/q+1. The highest BCUT2D eigenvalue weighted by atomic mass is 16.5. The van der Waals surface area contributed by atoms with Gasteiger partial charge in [-0.15, -0.1) is 0 Å². The molecule has 0 saturated carbocycles. The van der Waals surface area contributed by atoms with Crippen LogP contribution in [-0.2, 0) is 9.53 Å². The second-order valence-electron chi connectivity index (χ2n) is 5.48. The van der Waals surface area contributed by atoms with Gasteiger partial charge in [0.15, 0.2) is 0 Å². The number of aliphatic hydroxyl groups excluding tert-OH is 1. The predicted molar refractivity (Wildman–Crippen MR) is 68.5 cm³/mol. The maximum absolute atomic E-state index is 11.1. The van der Waals surface area contributed by atoms with Crippen LogP contribution in [0.3, 0.4) is 0 Å². The van der Waals surface area contributed by atoms with E-state index >= 15 is 0 Å². The van der Waals surface area contributed by atoms with Gasteiger partial charge in [-0.3, -0.25) is 0 Å². The maximum atomic E-state index is 11.1. The van der Waals surface area contributed by atoms with Gasteiger partial charge >= 0.3 is 5.97 Å². The molecule has 0 aliphatic heterocycles. The highest BCUT2D eigenvalue weighted by Crippen LogP contribution is 2.14. The van der Waals surface area contributed by atoms with Gasteiger partial charge in [-0.25, -0.2) is 4.79 Å². The second kappa shape index (κ2) is 6.77. The van der Waals surface area contributed by atoms with Crippen molar-refractivity contribution in [3.8, 4) is 0 Å². The van der Waals surface area contributed by atoms with Crippen molar-refractivity contribution >= 4 is 5.97 Å².